The monoisotopic (exact) mass is 346 g/mol. The van der Waals surface area contributed by atoms with Crippen molar-refractivity contribution < 1.29 is 23.9 Å². The summed E-state index contributed by atoms with van der Waals surface area (Å²) in [6.45, 7) is 3.63. The third kappa shape index (κ3) is 3.18. The quantitative estimate of drug-likeness (QED) is 0.814. The van der Waals surface area contributed by atoms with E-state index in [0.717, 1.165) is 12.8 Å². The summed E-state index contributed by atoms with van der Waals surface area (Å²) in [5.74, 6) is -0.739. The number of ether oxygens (including phenoxy) is 2. The summed E-state index contributed by atoms with van der Waals surface area (Å²) in [5.41, 5.74) is -0.244. The molecule has 1 atom stereocenters. The van der Waals surface area contributed by atoms with Crippen LogP contribution in [0.25, 0.3) is 0 Å². The highest BCUT2D eigenvalue weighted by molar-refractivity contribution is 6.05. The fourth-order valence-electron chi connectivity index (χ4n) is 3.32. The zero-order chi connectivity index (χ0) is 18.0. The molecule has 2 N–H and O–H groups in total. The van der Waals surface area contributed by atoms with Gasteiger partial charge in [-0.15, -0.1) is 0 Å². The number of hydrogen-bond donors (Lipinski definition) is 2. The number of esters is 1. The van der Waals surface area contributed by atoms with Crippen molar-refractivity contribution in [3.63, 3.8) is 0 Å². The summed E-state index contributed by atoms with van der Waals surface area (Å²) in [6.07, 6.45) is 2.14. The third-order valence-corrected chi connectivity index (χ3v) is 4.66. The summed E-state index contributed by atoms with van der Waals surface area (Å²) >= 11 is 0. The van der Waals surface area contributed by atoms with Gasteiger partial charge < -0.3 is 20.1 Å². The van der Waals surface area contributed by atoms with Crippen LogP contribution >= 0.6 is 0 Å². The largest absolute Gasteiger partial charge is 0.478 e. The number of nitrogens with one attached hydrogen (secondary N) is 2. The van der Waals surface area contributed by atoms with Crippen LogP contribution in [0.1, 0.15) is 49.9 Å². The molecule has 0 saturated heterocycles. The first-order valence-corrected chi connectivity index (χ1v) is 8.57. The van der Waals surface area contributed by atoms with Crippen LogP contribution in [-0.2, 0) is 14.3 Å². The molecule has 2 aliphatic rings. The standard InChI is InChI=1S/C18H22N2O5/c1-3-24-17(23)18(9-4-5-10-18)20-16(22)12-7-6-8-13-14(12)25-11(2)15(21)19-13/h6-8,11H,3-5,9-10H2,1-2H3,(H,19,21)(H,20,22)/t11-/m1/s1. The summed E-state index contributed by atoms with van der Waals surface area (Å²) < 4.78 is 10.8. The first-order chi connectivity index (χ1) is 12.0. The maximum atomic E-state index is 12.9. The van der Waals surface area contributed by atoms with Gasteiger partial charge in [-0.05, 0) is 38.8 Å². The predicted octanol–water partition coefficient (Wildman–Crippen LogP) is 2.01. The van der Waals surface area contributed by atoms with Gasteiger partial charge in [-0.1, -0.05) is 18.9 Å². The molecule has 25 heavy (non-hydrogen) atoms. The molecule has 7 nitrogen and oxygen atoms in total. The van der Waals surface area contributed by atoms with Crippen molar-refractivity contribution in [3.05, 3.63) is 23.8 Å². The van der Waals surface area contributed by atoms with Gasteiger partial charge in [0.05, 0.1) is 17.9 Å². The molecular formula is C18H22N2O5. The van der Waals surface area contributed by atoms with Gasteiger partial charge in [0, 0.05) is 0 Å². The minimum absolute atomic E-state index is 0.260. The predicted molar refractivity (Wildman–Crippen MR) is 90.5 cm³/mol. The highest BCUT2D eigenvalue weighted by Crippen LogP contribution is 2.35. The van der Waals surface area contributed by atoms with Crippen LogP contribution in [0.2, 0.25) is 0 Å². The van der Waals surface area contributed by atoms with Crippen LogP contribution in [0.4, 0.5) is 5.69 Å². The normalized spacial score (nSPS) is 20.9. The Labute approximate surface area is 146 Å². The van der Waals surface area contributed by atoms with Gasteiger partial charge in [-0.2, -0.15) is 0 Å². The molecular weight excluding hydrogens is 324 g/mol. The van der Waals surface area contributed by atoms with Crippen LogP contribution in [0.15, 0.2) is 18.2 Å². The second-order valence-corrected chi connectivity index (χ2v) is 6.40. The maximum absolute atomic E-state index is 12.9. The Hall–Kier alpha value is -2.57. The number of carbonyl (C=O) groups excluding carboxylic acids is 3. The highest BCUT2D eigenvalue weighted by atomic mass is 16.5. The number of benzene rings is 1. The average molecular weight is 346 g/mol. The Morgan fingerprint density at radius 3 is 2.76 bits per heavy atom. The molecule has 1 aliphatic carbocycles. The number of amides is 2. The van der Waals surface area contributed by atoms with Crippen molar-refractivity contribution in [1.29, 1.82) is 0 Å². The van der Waals surface area contributed by atoms with Crippen molar-refractivity contribution in [3.8, 4) is 5.75 Å². The van der Waals surface area contributed by atoms with Gasteiger partial charge in [0.25, 0.3) is 11.8 Å². The fraction of sp³-hybridized carbons (Fsp3) is 0.500. The molecule has 1 saturated carbocycles. The Kier molecular flexibility index (Phi) is 4.65. The molecule has 134 valence electrons. The van der Waals surface area contributed by atoms with E-state index in [2.05, 4.69) is 10.6 Å². The number of anilines is 1. The van der Waals surface area contributed by atoms with E-state index in [9.17, 15) is 14.4 Å². The molecule has 1 heterocycles. The summed E-state index contributed by atoms with van der Waals surface area (Å²) in [6, 6.07) is 4.96. The van der Waals surface area contributed by atoms with E-state index < -0.39 is 23.5 Å². The highest BCUT2D eigenvalue weighted by Gasteiger charge is 2.44. The lowest BCUT2D eigenvalue weighted by molar-refractivity contribution is -0.150. The van der Waals surface area contributed by atoms with Crippen LogP contribution in [0, 0.1) is 0 Å². The molecule has 7 heteroatoms. The third-order valence-electron chi connectivity index (χ3n) is 4.66. The fourth-order valence-corrected chi connectivity index (χ4v) is 3.32. The van der Waals surface area contributed by atoms with Crippen LogP contribution < -0.4 is 15.4 Å². The summed E-state index contributed by atoms with van der Waals surface area (Å²) in [5, 5.41) is 5.58. The number of rotatable bonds is 4. The number of para-hydroxylation sites is 1. The average Bonchev–Trinajstić information content (AvgIpc) is 3.05. The topological polar surface area (TPSA) is 93.7 Å². The van der Waals surface area contributed by atoms with Crippen LogP contribution in [0.5, 0.6) is 5.75 Å². The summed E-state index contributed by atoms with van der Waals surface area (Å²) in [4.78, 5) is 37.0. The van der Waals surface area contributed by atoms with Crippen LogP contribution in [-0.4, -0.2) is 36.0 Å². The van der Waals surface area contributed by atoms with E-state index in [-0.39, 0.29) is 12.5 Å². The number of fused-ring (bicyclic) bond motifs is 1. The van der Waals surface area contributed by atoms with E-state index in [4.69, 9.17) is 9.47 Å². The van der Waals surface area contributed by atoms with E-state index in [0.29, 0.717) is 29.8 Å². The Balaban J connectivity index is 1.87. The number of carbonyl (C=O) groups is 3. The van der Waals surface area contributed by atoms with Gasteiger partial charge in [0.15, 0.2) is 11.9 Å². The zero-order valence-corrected chi connectivity index (χ0v) is 14.4. The van der Waals surface area contributed by atoms with Crippen molar-refractivity contribution in [1.82, 2.24) is 5.32 Å². The molecule has 0 unspecified atom stereocenters. The lowest BCUT2D eigenvalue weighted by Crippen LogP contribution is -2.53. The van der Waals surface area contributed by atoms with Crippen molar-refractivity contribution in [2.75, 3.05) is 11.9 Å². The molecule has 0 radical (unpaired) electrons. The van der Waals surface area contributed by atoms with Gasteiger partial charge in [-0.25, -0.2) is 4.79 Å². The zero-order valence-electron chi connectivity index (χ0n) is 14.4. The van der Waals surface area contributed by atoms with Crippen LogP contribution in [0.3, 0.4) is 0 Å². The van der Waals surface area contributed by atoms with Gasteiger partial charge in [-0.3, -0.25) is 9.59 Å². The first-order valence-electron chi connectivity index (χ1n) is 8.57. The minimum atomic E-state index is -0.987. The molecule has 1 aliphatic heterocycles. The molecule has 1 aromatic rings. The molecule has 3 rings (SSSR count). The minimum Gasteiger partial charge on any atom is -0.478 e. The second-order valence-electron chi connectivity index (χ2n) is 6.40. The van der Waals surface area contributed by atoms with Crippen molar-refractivity contribution >= 4 is 23.5 Å². The molecule has 0 aromatic heterocycles. The molecule has 0 spiro atoms. The maximum Gasteiger partial charge on any atom is 0.331 e. The Bertz CT molecular complexity index is 709. The molecule has 1 aromatic carbocycles. The Morgan fingerprint density at radius 2 is 2.08 bits per heavy atom. The first kappa shape index (κ1) is 17.3. The van der Waals surface area contributed by atoms with Gasteiger partial charge in [0.2, 0.25) is 0 Å². The lowest BCUT2D eigenvalue weighted by Gasteiger charge is -2.29. The lowest BCUT2D eigenvalue weighted by atomic mass is 9.96. The number of hydrogen-bond acceptors (Lipinski definition) is 5. The molecule has 0 bridgehead atoms. The molecule has 2 amide bonds. The van der Waals surface area contributed by atoms with Crippen molar-refractivity contribution in [2.45, 2.75) is 51.2 Å². The second kappa shape index (κ2) is 6.74. The van der Waals surface area contributed by atoms with E-state index in [1.54, 1.807) is 32.0 Å². The van der Waals surface area contributed by atoms with Gasteiger partial charge >= 0.3 is 5.97 Å². The smallest absolute Gasteiger partial charge is 0.331 e. The van der Waals surface area contributed by atoms with E-state index >= 15 is 0 Å². The molecule has 1 fully saturated rings. The van der Waals surface area contributed by atoms with E-state index in [1.165, 1.54) is 0 Å². The SMILES string of the molecule is CCOC(=O)C1(NC(=O)c2cccc3c2O[C@H](C)C(=O)N3)CCCC1. The van der Waals surface area contributed by atoms with Gasteiger partial charge in [0.1, 0.15) is 5.54 Å². The van der Waals surface area contributed by atoms with E-state index in [1.807, 2.05) is 0 Å². The summed E-state index contributed by atoms with van der Waals surface area (Å²) in [7, 11) is 0. The Morgan fingerprint density at radius 1 is 1.36 bits per heavy atom. The van der Waals surface area contributed by atoms with Crippen molar-refractivity contribution in [2.24, 2.45) is 0 Å².